The quantitative estimate of drug-likeness (QED) is 0.720. The summed E-state index contributed by atoms with van der Waals surface area (Å²) in [5.74, 6) is -0.589. The van der Waals surface area contributed by atoms with Crippen molar-refractivity contribution in [2.24, 2.45) is 5.10 Å². The summed E-state index contributed by atoms with van der Waals surface area (Å²) in [5, 5.41) is 15.0. The van der Waals surface area contributed by atoms with Crippen LogP contribution in [-0.4, -0.2) is 33.6 Å². The molecular formula is C15H11N3O4S. The molecule has 3 rings (SSSR count). The number of aromatic nitrogens is 2. The van der Waals surface area contributed by atoms with Crippen molar-refractivity contribution in [3.63, 3.8) is 0 Å². The largest absolute Gasteiger partial charge is 0.482 e. The van der Waals surface area contributed by atoms with Crippen LogP contribution in [0.5, 0.6) is 5.75 Å². The lowest BCUT2D eigenvalue weighted by molar-refractivity contribution is -0.139. The number of fused-ring (bicyclic) bond motifs is 1. The molecule has 1 N–H and O–H groups in total. The third-order valence-corrected chi connectivity index (χ3v) is 3.76. The highest BCUT2D eigenvalue weighted by molar-refractivity contribution is 7.16. The van der Waals surface area contributed by atoms with E-state index in [4.69, 9.17) is 9.84 Å². The van der Waals surface area contributed by atoms with Gasteiger partial charge in [-0.1, -0.05) is 0 Å². The number of rotatable bonds is 5. The first-order chi connectivity index (χ1) is 11.1. The van der Waals surface area contributed by atoms with Crippen LogP contribution in [0.15, 0.2) is 51.9 Å². The first kappa shape index (κ1) is 14.9. The summed E-state index contributed by atoms with van der Waals surface area (Å²) in [4.78, 5) is 27.4. The minimum Gasteiger partial charge on any atom is -0.482 e. The summed E-state index contributed by atoms with van der Waals surface area (Å²) in [5.41, 5.74) is 0.513. The molecule has 0 atom stereocenters. The number of thiophene rings is 1. The number of aliphatic carboxylic acids is 1. The topological polar surface area (TPSA) is 93.8 Å². The molecule has 0 bridgehead atoms. The number of ether oxygens (including phenoxy) is 1. The smallest absolute Gasteiger partial charge is 0.341 e. The Morgan fingerprint density at radius 2 is 2.13 bits per heavy atom. The molecule has 0 spiro atoms. The molecule has 0 radical (unpaired) electrons. The van der Waals surface area contributed by atoms with Gasteiger partial charge in [0.15, 0.2) is 6.61 Å². The van der Waals surface area contributed by atoms with Crippen LogP contribution >= 0.6 is 11.3 Å². The van der Waals surface area contributed by atoms with E-state index in [1.165, 1.54) is 28.6 Å². The standard InChI is InChI=1S/C15H11N3O4S/c19-13(20)8-22-11-3-1-10(2-4-11)7-17-18-9-16-14-12(15(18)21)5-6-23-14/h1-7,9H,8H2,(H,19,20). The SMILES string of the molecule is O=C(O)COc1ccc(C=Nn2cnc3sccc3c2=O)cc1. The van der Waals surface area contributed by atoms with Gasteiger partial charge in [-0.2, -0.15) is 9.78 Å². The number of hydrogen-bond donors (Lipinski definition) is 1. The third kappa shape index (κ3) is 3.43. The van der Waals surface area contributed by atoms with E-state index in [1.54, 1.807) is 30.3 Å². The van der Waals surface area contributed by atoms with Gasteiger partial charge in [0.25, 0.3) is 5.56 Å². The molecule has 0 aliphatic rings. The van der Waals surface area contributed by atoms with Crippen LogP contribution in [0, 0.1) is 0 Å². The summed E-state index contributed by atoms with van der Waals surface area (Å²) in [6.45, 7) is -0.394. The zero-order valence-corrected chi connectivity index (χ0v) is 12.6. The van der Waals surface area contributed by atoms with Crippen LogP contribution in [0.4, 0.5) is 0 Å². The van der Waals surface area contributed by atoms with E-state index < -0.39 is 12.6 Å². The molecule has 0 aliphatic heterocycles. The maximum absolute atomic E-state index is 12.2. The minimum atomic E-state index is -1.04. The Bertz CT molecular complexity index is 928. The molecule has 0 unspecified atom stereocenters. The van der Waals surface area contributed by atoms with Crippen molar-refractivity contribution >= 4 is 33.7 Å². The van der Waals surface area contributed by atoms with Gasteiger partial charge in [-0.05, 0) is 41.3 Å². The molecular weight excluding hydrogens is 318 g/mol. The highest BCUT2D eigenvalue weighted by atomic mass is 32.1. The van der Waals surface area contributed by atoms with Crippen LogP contribution < -0.4 is 10.3 Å². The summed E-state index contributed by atoms with van der Waals surface area (Å²) >= 11 is 1.40. The zero-order chi connectivity index (χ0) is 16.2. The first-order valence-corrected chi connectivity index (χ1v) is 7.45. The van der Waals surface area contributed by atoms with E-state index in [1.807, 2.05) is 5.38 Å². The maximum Gasteiger partial charge on any atom is 0.341 e. The van der Waals surface area contributed by atoms with Crippen LogP contribution in [-0.2, 0) is 4.79 Å². The van der Waals surface area contributed by atoms with Gasteiger partial charge in [0.05, 0.1) is 11.6 Å². The van der Waals surface area contributed by atoms with Crippen molar-refractivity contribution in [3.8, 4) is 5.75 Å². The number of carbonyl (C=O) groups is 1. The van der Waals surface area contributed by atoms with Crippen molar-refractivity contribution in [1.82, 2.24) is 9.66 Å². The van der Waals surface area contributed by atoms with Crippen molar-refractivity contribution in [1.29, 1.82) is 0 Å². The number of carboxylic acids is 1. The van der Waals surface area contributed by atoms with Gasteiger partial charge in [-0.3, -0.25) is 4.79 Å². The van der Waals surface area contributed by atoms with Crippen molar-refractivity contribution in [2.45, 2.75) is 0 Å². The normalized spacial score (nSPS) is 11.1. The summed E-state index contributed by atoms with van der Waals surface area (Å²) in [6, 6.07) is 8.40. The fraction of sp³-hybridized carbons (Fsp3) is 0.0667. The third-order valence-electron chi connectivity index (χ3n) is 2.94. The number of nitrogens with zero attached hydrogens (tertiary/aromatic N) is 3. The Morgan fingerprint density at radius 3 is 2.87 bits per heavy atom. The molecule has 23 heavy (non-hydrogen) atoms. The monoisotopic (exact) mass is 329 g/mol. The molecule has 0 saturated carbocycles. The van der Waals surface area contributed by atoms with Gasteiger partial charge < -0.3 is 9.84 Å². The molecule has 116 valence electrons. The minimum absolute atomic E-state index is 0.228. The van der Waals surface area contributed by atoms with E-state index in [9.17, 15) is 9.59 Å². The lowest BCUT2D eigenvalue weighted by atomic mass is 10.2. The molecule has 2 heterocycles. The molecule has 0 amide bonds. The van der Waals surface area contributed by atoms with Crippen molar-refractivity contribution < 1.29 is 14.6 Å². The van der Waals surface area contributed by atoms with Gasteiger partial charge in [-0.15, -0.1) is 11.3 Å². The first-order valence-electron chi connectivity index (χ1n) is 6.57. The summed E-state index contributed by atoms with van der Waals surface area (Å²) in [6.07, 6.45) is 2.89. The number of benzene rings is 1. The molecule has 8 heteroatoms. The van der Waals surface area contributed by atoms with E-state index in [0.717, 1.165) is 5.56 Å². The van der Waals surface area contributed by atoms with Crippen LogP contribution in [0.3, 0.4) is 0 Å². The van der Waals surface area contributed by atoms with Gasteiger partial charge in [0.2, 0.25) is 0 Å². The zero-order valence-electron chi connectivity index (χ0n) is 11.7. The predicted octanol–water partition coefficient (Wildman–Crippen LogP) is 1.80. The average Bonchev–Trinajstić information content (AvgIpc) is 3.03. The number of carboxylic acid groups (broad SMARTS) is 1. The van der Waals surface area contributed by atoms with Crippen LogP contribution in [0.2, 0.25) is 0 Å². The van der Waals surface area contributed by atoms with Gasteiger partial charge in [0, 0.05) is 0 Å². The van der Waals surface area contributed by atoms with Crippen molar-refractivity contribution in [2.75, 3.05) is 6.61 Å². The fourth-order valence-electron chi connectivity index (χ4n) is 1.85. The van der Waals surface area contributed by atoms with E-state index in [0.29, 0.717) is 16.0 Å². The molecule has 0 aliphatic carbocycles. The Hall–Kier alpha value is -3.00. The van der Waals surface area contributed by atoms with Gasteiger partial charge in [0.1, 0.15) is 16.9 Å². The van der Waals surface area contributed by atoms with E-state index in [2.05, 4.69) is 10.1 Å². The maximum atomic E-state index is 12.2. The van der Waals surface area contributed by atoms with Gasteiger partial charge in [-0.25, -0.2) is 9.78 Å². The lowest BCUT2D eigenvalue weighted by Gasteiger charge is -2.02. The molecule has 2 aromatic heterocycles. The molecule has 1 aromatic carbocycles. The van der Waals surface area contributed by atoms with Crippen LogP contribution in [0.25, 0.3) is 10.2 Å². The lowest BCUT2D eigenvalue weighted by Crippen LogP contribution is -2.16. The Morgan fingerprint density at radius 1 is 1.35 bits per heavy atom. The van der Waals surface area contributed by atoms with E-state index >= 15 is 0 Å². The van der Waals surface area contributed by atoms with Crippen molar-refractivity contribution in [3.05, 3.63) is 58.0 Å². The fourth-order valence-corrected chi connectivity index (χ4v) is 2.58. The Labute approximate surface area is 134 Å². The summed E-state index contributed by atoms with van der Waals surface area (Å²) < 4.78 is 6.21. The highest BCUT2D eigenvalue weighted by Crippen LogP contribution is 2.13. The Kier molecular flexibility index (Phi) is 4.15. The molecule has 0 fully saturated rings. The van der Waals surface area contributed by atoms with Gasteiger partial charge >= 0.3 is 5.97 Å². The number of hydrogen-bond acceptors (Lipinski definition) is 6. The second-order valence-electron chi connectivity index (χ2n) is 4.53. The predicted molar refractivity (Wildman–Crippen MR) is 86.4 cm³/mol. The van der Waals surface area contributed by atoms with Crippen LogP contribution in [0.1, 0.15) is 5.56 Å². The molecule has 0 saturated heterocycles. The average molecular weight is 329 g/mol. The molecule has 7 nitrogen and oxygen atoms in total. The highest BCUT2D eigenvalue weighted by Gasteiger charge is 2.03. The molecule has 3 aromatic rings. The second kappa shape index (κ2) is 6.41. The Balaban J connectivity index is 1.77. The van der Waals surface area contributed by atoms with E-state index in [-0.39, 0.29) is 5.56 Å². The second-order valence-corrected chi connectivity index (χ2v) is 5.42. The summed E-state index contributed by atoms with van der Waals surface area (Å²) in [7, 11) is 0.